The monoisotopic (exact) mass is 269 g/mol. The summed E-state index contributed by atoms with van der Waals surface area (Å²) in [4.78, 5) is 13.2. The van der Waals surface area contributed by atoms with Crippen molar-refractivity contribution in [2.45, 2.75) is 78.3 Å². The van der Waals surface area contributed by atoms with E-state index in [4.69, 9.17) is 5.11 Å². The second kappa shape index (κ2) is 6.74. The van der Waals surface area contributed by atoms with Gasteiger partial charge in [-0.15, -0.1) is 0 Å². The van der Waals surface area contributed by atoms with Crippen LogP contribution < -0.4 is 0 Å². The van der Waals surface area contributed by atoms with Gasteiger partial charge in [0.2, 0.25) is 0 Å². The number of rotatable bonds is 5. The Labute approximate surface area is 118 Å². The molecule has 3 heteroatoms. The molecule has 112 valence electrons. The summed E-state index contributed by atoms with van der Waals surface area (Å²) in [6, 6.07) is 0.564. The lowest BCUT2D eigenvalue weighted by Crippen LogP contribution is -2.50. The van der Waals surface area contributed by atoms with Gasteiger partial charge in [0.25, 0.3) is 0 Å². The zero-order chi connectivity index (χ0) is 14.6. The van der Waals surface area contributed by atoms with Crippen LogP contribution in [-0.2, 0) is 4.79 Å². The third-order valence-corrected chi connectivity index (χ3v) is 4.55. The summed E-state index contributed by atoms with van der Waals surface area (Å²) in [6.45, 7) is 11.9. The summed E-state index contributed by atoms with van der Waals surface area (Å²) < 4.78 is 0. The van der Waals surface area contributed by atoms with E-state index in [9.17, 15) is 4.79 Å². The first kappa shape index (κ1) is 16.5. The van der Waals surface area contributed by atoms with Gasteiger partial charge in [-0.1, -0.05) is 13.8 Å². The SMILES string of the molecule is CC(C)C1CCC(N(CCC(=O)O)C(C)(C)C)CC1. The van der Waals surface area contributed by atoms with Crippen LogP contribution >= 0.6 is 0 Å². The number of carboxylic acid groups (broad SMARTS) is 1. The van der Waals surface area contributed by atoms with E-state index in [-0.39, 0.29) is 12.0 Å². The number of carboxylic acids is 1. The standard InChI is InChI=1S/C16H31NO2/c1-12(2)13-6-8-14(9-7-13)17(16(3,4)5)11-10-15(18)19/h12-14H,6-11H2,1-5H3,(H,18,19). The summed E-state index contributed by atoms with van der Waals surface area (Å²) in [5.74, 6) is 0.950. The van der Waals surface area contributed by atoms with Crippen molar-refractivity contribution in [3.63, 3.8) is 0 Å². The fourth-order valence-electron chi connectivity index (χ4n) is 3.36. The summed E-state index contributed by atoms with van der Waals surface area (Å²) in [5.41, 5.74) is 0.0603. The number of nitrogens with zero attached hydrogens (tertiary/aromatic N) is 1. The molecule has 0 aliphatic heterocycles. The maximum atomic E-state index is 10.8. The lowest BCUT2D eigenvalue weighted by molar-refractivity contribution is -0.137. The van der Waals surface area contributed by atoms with Gasteiger partial charge in [-0.2, -0.15) is 0 Å². The van der Waals surface area contributed by atoms with Crippen molar-refractivity contribution >= 4 is 5.97 Å². The van der Waals surface area contributed by atoms with Gasteiger partial charge in [-0.25, -0.2) is 0 Å². The molecule has 0 aromatic carbocycles. The van der Waals surface area contributed by atoms with Crippen LogP contribution in [0.15, 0.2) is 0 Å². The summed E-state index contributed by atoms with van der Waals surface area (Å²) in [5, 5.41) is 8.91. The van der Waals surface area contributed by atoms with E-state index < -0.39 is 5.97 Å². The van der Waals surface area contributed by atoms with Crippen LogP contribution in [0.1, 0.15) is 66.7 Å². The van der Waals surface area contributed by atoms with E-state index in [1.807, 2.05) is 0 Å². The van der Waals surface area contributed by atoms with Crippen LogP contribution in [0.2, 0.25) is 0 Å². The van der Waals surface area contributed by atoms with Gasteiger partial charge in [0, 0.05) is 18.1 Å². The molecule has 1 N–H and O–H groups in total. The first-order valence-electron chi connectivity index (χ1n) is 7.70. The lowest BCUT2D eigenvalue weighted by Gasteiger charge is -2.45. The molecule has 1 rings (SSSR count). The number of carbonyl (C=O) groups is 1. The largest absolute Gasteiger partial charge is 0.481 e. The zero-order valence-corrected chi connectivity index (χ0v) is 13.3. The Balaban J connectivity index is 2.60. The van der Waals surface area contributed by atoms with Crippen molar-refractivity contribution in [2.75, 3.05) is 6.54 Å². The molecular formula is C16H31NO2. The zero-order valence-electron chi connectivity index (χ0n) is 13.3. The average molecular weight is 269 g/mol. The smallest absolute Gasteiger partial charge is 0.304 e. The molecule has 0 saturated heterocycles. The maximum absolute atomic E-state index is 10.8. The summed E-state index contributed by atoms with van der Waals surface area (Å²) in [7, 11) is 0. The van der Waals surface area contributed by atoms with E-state index >= 15 is 0 Å². The number of hydrogen-bond donors (Lipinski definition) is 1. The minimum absolute atomic E-state index is 0.0603. The van der Waals surface area contributed by atoms with Crippen LogP contribution in [-0.4, -0.2) is 34.1 Å². The average Bonchev–Trinajstić information content (AvgIpc) is 2.27. The molecule has 0 bridgehead atoms. The highest BCUT2D eigenvalue weighted by atomic mass is 16.4. The molecule has 1 saturated carbocycles. The van der Waals surface area contributed by atoms with Gasteiger partial charge >= 0.3 is 5.97 Å². The van der Waals surface area contributed by atoms with E-state index in [2.05, 4.69) is 39.5 Å². The van der Waals surface area contributed by atoms with E-state index in [1.54, 1.807) is 0 Å². The van der Waals surface area contributed by atoms with Gasteiger partial charge in [0.05, 0.1) is 6.42 Å². The predicted octanol–water partition coefficient (Wildman–Crippen LogP) is 3.78. The second-order valence-electron chi connectivity index (χ2n) is 7.32. The highest BCUT2D eigenvalue weighted by Gasteiger charge is 2.32. The van der Waals surface area contributed by atoms with Crippen molar-refractivity contribution < 1.29 is 9.90 Å². The highest BCUT2D eigenvalue weighted by molar-refractivity contribution is 5.66. The van der Waals surface area contributed by atoms with Crippen molar-refractivity contribution in [1.82, 2.24) is 4.90 Å². The van der Waals surface area contributed by atoms with Gasteiger partial charge in [-0.3, -0.25) is 9.69 Å². The van der Waals surface area contributed by atoms with Gasteiger partial charge in [0.15, 0.2) is 0 Å². The minimum atomic E-state index is -0.690. The molecule has 0 aromatic heterocycles. The van der Waals surface area contributed by atoms with Crippen molar-refractivity contribution in [2.24, 2.45) is 11.8 Å². The molecule has 3 nitrogen and oxygen atoms in total. The number of aliphatic carboxylic acids is 1. The fraction of sp³-hybridized carbons (Fsp3) is 0.938. The first-order chi connectivity index (χ1) is 8.71. The summed E-state index contributed by atoms with van der Waals surface area (Å²) in [6.07, 6.45) is 5.28. The second-order valence-corrected chi connectivity index (χ2v) is 7.32. The Morgan fingerprint density at radius 2 is 1.74 bits per heavy atom. The molecule has 1 aliphatic carbocycles. The molecule has 0 heterocycles. The van der Waals surface area contributed by atoms with Crippen molar-refractivity contribution in [3.05, 3.63) is 0 Å². The minimum Gasteiger partial charge on any atom is -0.481 e. The molecule has 0 atom stereocenters. The van der Waals surface area contributed by atoms with Crippen LogP contribution in [0.3, 0.4) is 0 Å². The third kappa shape index (κ3) is 5.13. The molecule has 1 aliphatic rings. The Morgan fingerprint density at radius 1 is 1.21 bits per heavy atom. The molecule has 0 unspecified atom stereocenters. The van der Waals surface area contributed by atoms with Crippen LogP contribution in [0.25, 0.3) is 0 Å². The molecule has 0 radical (unpaired) electrons. The van der Waals surface area contributed by atoms with Gasteiger partial charge < -0.3 is 5.11 Å². The molecule has 19 heavy (non-hydrogen) atoms. The Hall–Kier alpha value is -0.570. The molecular weight excluding hydrogens is 238 g/mol. The van der Waals surface area contributed by atoms with Gasteiger partial charge in [-0.05, 0) is 58.3 Å². The molecule has 0 amide bonds. The van der Waals surface area contributed by atoms with E-state index in [1.165, 1.54) is 25.7 Å². The molecule has 0 aromatic rings. The van der Waals surface area contributed by atoms with Gasteiger partial charge in [0.1, 0.15) is 0 Å². The molecule has 0 spiro atoms. The lowest BCUT2D eigenvalue weighted by atomic mass is 9.78. The van der Waals surface area contributed by atoms with Crippen molar-refractivity contribution in [1.29, 1.82) is 0 Å². The van der Waals surface area contributed by atoms with Crippen LogP contribution in [0, 0.1) is 11.8 Å². The first-order valence-corrected chi connectivity index (χ1v) is 7.70. The van der Waals surface area contributed by atoms with E-state index in [0.717, 1.165) is 11.8 Å². The number of hydrogen-bond acceptors (Lipinski definition) is 2. The Bertz CT molecular complexity index is 286. The predicted molar refractivity (Wildman–Crippen MR) is 79.3 cm³/mol. The normalized spacial score (nSPS) is 25.0. The Kier molecular flexibility index (Phi) is 5.84. The van der Waals surface area contributed by atoms with Crippen molar-refractivity contribution in [3.8, 4) is 0 Å². The van der Waals surface area contributed by atoms with Crippen LogP contribution in [0.5, 0.6) is 0 Å². The topological polar surface area (TPSA) is 40.5 Å². The Morgan fingerprint density at radius 3 is 2.11 bits per heavy atom. The molecule has 1 fully saturated rings. The van der Waals surface area contributed by atoms with Crippen LogP contribution in [0.4, 0.5) is 0 Å². The van der Waals surface area contributed by atoms with E-state index in [0.29, 0.717) is 12.6 Å². The summed E-state index contributed by atoms with van der Waals surface area (Å²) >= 11 is 0. The third-order valence-electron chi connectivity index (χ3n) is 4.55. The highest BCUT2D eigenvalue weighted by Crippen LogP contribution is 2.34. The quantitative estimate of drug-likeness (QED) is 0.825. The maximum Gasteiger partial charge on any atom is 0.304 e. The fourth-order valence-corrected chi connectivity index (χ4v) is 3.36.